The fourth-order valence-corrected chi connectivity index (χ4v) is 3.22. The molecule has 1 aliphatic rings. The van der Waals surface area contributed by atoms with E-state index < -0.39 is 0 Å². The van der Waals surface area contributed by atoms with Crippen LogP contribution in [-0.4, -0.2) is 40.5 Å². The van der Waals surface area contributed by atoms with Crippen molar-refractivity contribution in [2.45, 2.75) is 39.2 Å². The summed E-state index contributed by atoms with van der Waals surface area (Å²) in [7, 11) is 0. The van der Waals surface area contributed by atoms with Crippen LogP contribution in [0.25, 0.3) is 0 Å². The first-order chi connectivity index (χ1) is 11.6. The van der Waals surface area contributed by atoms with E-state index >= 15 is 0 Å². The Labute approximate surface area is 154 Å². The maximum atomic E-state index is 12.4. The summed E-state index contributed by atoms with van der Waals surface area (Å²) in [5.41, 5.74) is 3.76. The van der Waals surface area contributed by atoms with Crippen molar-refractivity contribution in [1.29, 1.82) is 0 Å². The van der Waals surface area contributed by atoms with Gasteiger partial charge in [-0.15, -0.1) is 17.5 Å². The number of aryl methyl sites for hydroxylation is 1. The van der Waals surface area contributed by atoms with E-state index in [9.17, 15) is 4.79 Å². The van der Waals surface area contributed by atoms with E-state index in [4.69, 9.17) is 0 Å². The Kier molecular flexibility index (Phi) is 6.96. The molecule has 2 N–H and O–H groups in total. The molecular formula is C18H26ClN5O. The Morgan fingerprint density at radius 2 is 2.08 bits per heavy atom. The lowest BCUT2D eigenvalue weighted by Crippen LogP contribution is -2.30. The number of aromatic nitrogens is 3. The highest BCUT2D eigenvalue weighted by Crippen LogP contribution is 2.20. The van der Waals surface area contributed by atoms with Gasteiger partial charge in [-0.1, -0.05) is 35.0 Å². The molecule has 0 saturated carbocycles. The number of hydrogen-bond acceptors (Lipinski definition) is 4. The predicted molar refractivity (Wildman–Crippen MR) is 100 cm³/mol. The van der Waals surface area contributed by atoms with Gasteiger partial charge in [0.05, 0.1) is 11.7 Å². The van der Waals surface area contributed by atoms with E-state index in [2.05, 4.69) is 46.1 Å². The lowest BCUT2D eigenvalue weighted by atomic mass is 10.1. The van der Waals surface area contributed by atoms with E-state index in [0.29, 0.717) is 18.3 Å². The average Bonchev–Trinajstić information content (AvgIpc) is 2.97. The topological polar surface area (TPSA) is 71.8 Å². The molecule has 2 aromatic rings. The van der Waals surface area contributed by atoms with E-state index in [0.717, 1.165) is 38.0 Å². The van der Waals surface area contributed by atoms with Crippen LogP contribution >= 0.6 is 12.4 Å². The van der Waals surface area contributed by atoms with Crippen LogP contribution in [0.15, 0.2) is 24.3 Å². The largest absolute Gasteiger partial charge is 0.350 e. The van der Waals surface area contributed by atoms with Gasteiger partial charge in [-0.3, -0.25) is 4.79 Å². The van der Waals surface area contributed by atoms with Gasteiger partial charge in [0.15, 0.2) is 5.69 Å². The van der Waals surface area contributed by atoms with Crippen molar-refractivity contribution >= 4 is 18.3 Å². The molecule has 0 unspecified atom stereocenters. The summed E-state index contributed by atoms with van der Waals surface area (Å²) in [4.78, 5) is 12.4. The molecule has 0 atom stereocenters. The minimum absolute atomic E-state index is 0. The maximum Gasteiger partial charge on any atom is 0.273 e. The number of amides is 1. The first-order valence-corrected chi connectivity index (χ1v) is 8.61. The van der Waals surface area contributed by atoms with Crippen LogP contribution in [0.3, 0.4) is 0 Å². The second-order valence-corrected chi connectivity index (χ2v) is 6.44. The Balaban J connectivity index is 0.00000225. The van der Waals surface area contributed by atoms with Crippen LogP contribution in [0.4, 0.5) is 0 Å². The Morgan fingerprint density at radius 1 is 1.32 bits per heavy atom. The highest BCUT2D eigenvalue weighted by Gasteiger charge is 2.22. The zero-order chi connectivity index (χ0) is 16.9. The molecule has 0 aliphatic carbocycles. The molecule has 2 heterocycles. The van der Waals surface area contributed by atoms with Gasteiger partial charge >= 0.3 is 0 Å². The number of benzene rings is 1. The number of carbonyl (C=O) groups excluding carboxylic acids is 1. The molecule has 0 bridgehead atoms. The molecule has 136 valence electrons. The summed E-state index contributed by atoms with van der Waals surface area (Å²) in [5.74, 6) is -0.139. The number of hydrogen-bond donors (Lipinski definition) is 2. The summed E-state index contributed by atoms with van der Waals surface area (Å²) < 4.78 is 1.91. The number of rotatable bonds is 5. The molecule has 0 spiro atoms. The molecule has 1 saturated heterocycles. The standard InChI is InChI=1S/C18H25N5O.ClH/c1-13-4-3-5-15(12-13)6-11-20-18(24)17-14(2)23(22-21-17)16-7-9-19-10-8-16;/h3-5,12,16,19H,6-11H2,1-2H3,(H,20,24);1H. The van der Waals surface area contributed by atoms with Crippen molar-refractivity contribution in [3.63, 3.8) is 0 Å². The average molecular weight is 364 g/mol. The second-order valence-electron chi connectivity index (χ2n) is 6.44. The Morgan fingerprint density at radius 3 is 2.80 bits per heavy atom. The first-order valence-electron chi connectivity index (χ1n) is 8.61. The smallest absolute Gasteiger partial charge is 0.273 e. The fourth-order valence-electron chi connectivity index (χ4n) is 3.22. The molecule has 1 fully saturated rings. The molecule has 0 radical (unpaired) electrons. The van der Waals surface area contributed by atoms with Crippen molar-refractivity contribution in [1.82, 2.24) is 25.6 Å². The minimum atomic E-state index is -0.139. The Bertz CT molecular complexity index is 709. The monoisotopic (exact) mass is 363 g/mol. The third-order valence-electron chi connectivity index (χ3n) is 4.58. The fraction of sp³-hybridized carbons (Fsp3) is 0.500. The SMILES string of the molecule is Cc1cccc(CCNC(=O)c2nnn(C3CCNCC3)c2C)c1.Cl. The molecule has 1 aliphatic heterocycles. The van der Waals surface area contributed by atoms with Crippen LogP contribution in [0.2, 0.25) is 0 Å². The number of halogens is 1. The van der Waals surface area contributed by atoms with Gasteiger partial charge in [-0.2, -0.15) is 0 Å². The third-order valence-corrected chi connectivity index (χ3v) is 4.58. The van der Waals surface area contributed by atoms with E-state index in [-0.39, 0.29) is 18.3 Å². The number of piperidine rings is 1. The van der Waals surface area contributed by atoms with Gasteiger partial charge in [0, 0.05) is 6.54 Å². The third kappa shape index (κ3) is 4.80. The molecular weight excluding hydrogens is 338 g/mol. The van der Waals surface area contributed by atoms with E-state index in [1.807, 2.05) is 17.7 Å². The molecule has 1 aromatic heterocycles. The van der Waals surface area contributed by atoms with Crippen LogP contribution in [-0.2, 0) is 6.42 Å². The second kappa shape index (κ2) is 8.97. The normalized spacial score (nSPS) is 14.8. The molecule has 1 amide bonds. The number of carbonyl (C=O) groups is 1. The highest BCUT2D eigenvalue weighted by molar-refractivity contribution is 5.93. The van der Waals surface area contributed by atoms with Crippen LogP contribution < -0.4 is 10.6 Å². The molecule has 1 aromatic carbocycles. The number of nitrogens with one attached hydrogen (secondary N) is 2. The van der Waals surface area contributed by atoms with Crippen LogP contribution in [0.5, 0.6) is 0 Å². The summed E-state index contributed by atoms with van der Waals surface area (Å²) in [6.45, 7) is 6.58. The highest BCUT2D eigenvalue weighted by atomic mass is 35.5. The van der Waals surface area contributed by atoms with Gasteiger partial charge < -0.3 is 10.6 Å². The zero-order valence-corrected chi connectivity index (χ0v) is 15.6. The lowest BCUT2D eigenvalue weighted by Gasteiger charge is -2.23. The van der Waals surface area contributed by atoms with Crippen molar-refractivity contribution in [3.8, 4) is 0 Å². The molecule has 6 nitrogen and oxygen atoms in total. The minimum Gasteiger partial charge on any atom is -0.350 e. The summed E-state index contributed by atoms with van der Waals surface area (Å²) in [6, 6.07) is 8.68. The van der Waals surface area contributed by atoms with Crippen molar-refractivity contribution in [2.75, 3.05) is 19.6 Å². The Hall–Kier alpha value is -1.92. The lowest BCUT2D eigenvalue weighted by molar-refractivity contribution is 0.0948. The quantitative estimate of drug-likeness (QED) is 0.854. The molecule has 7 heteroatoms. The summed E-state index contributed by atoms with van der Waals surface area (Å²) in [6.07, 6.45) is 2.87. The van der Waals surface area contributed by atoms with Crippen molar-refractivity contribution < 1.29 is 4.79 Å². The van der Waals surface area contributed by atoms with Crippen LogP contribution in [0.1, 0.15) is 46.2 Å². The first kappa shape index (κ1) is 19.4. The van der Waals surface area contributed by atoms with Gasteiger partial charge in [-0.25, -0.2) is 4.68 Å². The van der Waals surface area contributed by atoms with Crippen LogP contribution in [0, 0.1) is 13.8 Å². The summed E-state index contributed by atoms with van der Waals surface area (Å²) in [5, 5.41) is 14.6. The van der Waals surface area contributed by atoms with Gasteiger partial charge in [0.2, 0.25) is 0 Å². The van der Waals surface area contributed by atoms with E-state index in [1.165, 1.54) is 11.1 Å². The molecule has 25 heavy (non-hydrogen) atoms. The molecule has 3 rings (SSSR count). The maximum absolute atomic E-state index is 12.4. The van der Waals surface area contributed by atoms with Gasteiger partial charge in [0.25, 0.3) is 5.91 Å². The van der Waals surface area contributed by atoms with Crippen molar-refractivity contribution in [3.05, 3.63) is 46.8 Å². The van der Waals surface area contributed by atoms with Gasteiger partial charge in [-0.05, 0) is 51.8 Å². The zero-order valence-electron chi connectivity index (χ0n) is 14.8. The predicted octanol–water partition coefficient (Wildman–Crippen LogP) is 2.21. The van der Waals surface area contributed by atoms with Crippen molar-refractivity contribution in [2.24, 2.45) is 0 Å². The van der Waals surface area contributed by atoms with Gasteiger partial charge in [0.1, 0.15) is 0 Å². The summed E-state index contributed by atoms with van der Waals surface area (Å²) >= 11 is 0. The number of nitrogens with zero attached hydrogens (tertiary/aromatic N) is 3. The van der Waals surface area contributed by atoms with E-state index in [1.54, 1.807) is 0 Å².